The van der Waals surface area contributed by atoms with Crippen LogP contribution in [0.4, 0.5) is 0 Å². The Labute approximate surface area is 190 Å². The summed E-state index contributed by atoms with van der Waals surface area (Å²) in [6.07, 6.45) is -1.51. The average molecular weight is 457 g/mol. The van der Waals surface area contributed by atoms with Crippen molar-refractivity contribution in [3.63, 3.8) is 0 Å². The number of rotatable bonds is 4. The summed E-state index contributed by atoms with van der Waals surface area (Å²) in [5, 5.41) is 2.78. The molecule has 0 N–H and O–H groups in total. The molecule has 0 saturated carbocycles. The van der Waals surface area contributed by atoms with Crippen LogP contribution < -0.4 is 21.9 Å². The van der Waals surface area contributed by atoms with Crippen LogP contribution in [0.25, 0.3) is 0 Å². The van der Waals surface area contributed by atoms with E-state index in [1.807, 2.05) is 48.5 Å². The quantitative estimate of drug-likeness (QED) is 0.347. The molecule has 4 aromatic rings. The van der Waals surface area contributed by atoms with Crippen LogP contribution in [-0.4, -0.2) is 6.15 Å². The highest BCUT2D eigenvalue weighted by molar-refractivity contribution is 7.19. The van der Waals surface area contributed by atoms with Crippen molar-refractivity contribution in [2.24, 2.45) is 0 Å². The summed E-state index contributed by atoms with van der Waals surface area (Å²) >= 11 is 24.9. The second-order valence-electron chi connectivity index (χ2n) is 7.07. The highest BCUT2D eigenvalue weighted by atomic mass is 35.5. The highest BCUT2D eigenvalue weighted by Crippen LogP contribution is 2.16. The molecule has 0 fully saturated rings. The van der Waals surface area contributed by atoms with Crippen molar-refractivity contribution in [1.82, 2.24) is 0 Å². The summed E-state index contributed by atoms with van der Waals surface area (Å²) in [5.41, 5.74) is 4.56. The molecular formula is C24H16BCl4-. The third kappa shape index (κ3) is 3.93. The Bertz CT molecular complexity index is 916. The molecule has 0 unspecified atom stereocenters. The van der Waals surface area contributed by atoms with Gasteiger partial charge in [-0.1, -0.05) is 94.9 Å². The van der Waals surface area contributed by atoms with E-state index in [0.29, 0.717) is 20.1 Å². The molecule has 0 bridgehead atoms. The first-order chi connectivity index (χ1) is 14.0. The molecule has 0 aliphatic heterocycles. The van der Waals surface area contributed by atoms with E-state index < -0.39 is 6.15 Å². The molecule has 5 heteroatoms. The Morgan fingerprint density at radius 2 is 0.483 bits per heavy atom. The van der Waals surface area contributed by atoms with Crippen molar-refractivity contribution in [1.29, 1.82) is 0 Å². The molecule has 0 atom stereocenters. The Balaban J connectivity index is 2.11. The number of hydrogen-bond acceptors (Lipinski definition) is 0. The van der Waals surface area contributed by atoms with Crippen LogP contribution in [0.15, 0.2) is 97.1 Å². The van der Waals surface area contributed by atoms with Crippen molar-refractivity contribution in [2.45, 2.75) is 0 Å². The largest absolute Gasteiger partial charge is 0.195 e. The van der Waals surface area contributed by atoms with Gasteiger partial charge in [-0.15, -0.1) is 0 Å². The van der Waals surface area contributed by atoms with Crippen LogP contribution in [0.5, 0.6) is 0 Å². The predicted octanol–water partition coefficient (Wildman–Crippen LogP) is 5.68. The van der Waals surface area contributed by atoms with Gasteiger partial charge >= 0.3 is 0 Å². The van der Waals surface area contributed by atoms with Crippen LogP contribution in [0, 0.1) is 0 Å². The summed E-state index contributed by atoms with van der Waals surface area (Å²) in [6.45, 7) is 0. The summed E-state index contributed by atoms with van der Waals surface area (Å²) in [4.78, 5) is 0. The normalized spacial score (nSPS) is 11.4. The van der Waals surface area contributed by atoms with Gasteiger partial charge in [0.1, 0.15) is 6.15 Å². The minimum atomic E-state index is -1.51. The first-order valence-corrected chi connectivity index (χ1v) is 10.7. The number of benzene rings is 4. The van der Waals surface area contributed by atoms with Gasteiger partial charge in [-0.25, -0.2) is 0 Å². The zero-order valence-corrected chi connectivity index (χ0v) is 18.4. The molecule has 29 heavy (non-hydrogen) atoms. The monoisotopic (exact) mass is 455 g/mol. The zero-order chi connectivity index (χ0) is 20.4. The van der Waals surface area contributed by atoms with Crippen molar-refractivity contribution in [3.05, 3.63) is 117 Å². The summed E-state index contributed by atoms with van der Waals surface area (Å²) in [7, 11) is 0. The van der Waals surface area contributed by atoms with Gasteiger partial charge < -0.3 is 0 Å². The maximum atomic E-state index is 6.22. The molecule has 0 spiro atoms. The molecule has 0 aromatic heterocycles. The first kappa shape index (κ1) is 20.4. The van der Waals surface area contributed by atoms with Gasteiger partial charge in [-0.05, 0) is 48.5 Å². The molecular weight excluding hydrogens is 441 g/mol. The van der Waals surface area contributed by atoms with Gasteiger partial charge in [0.2, 0.25) is 0 Å². The van der Waals surface area contributed by atoms with Gasteiger partial charge in [0, 0.05) is 20.1 Å². The van der Waals surface area contributed by atoms with E-state index in [4.69, 9.17) is 46.4 Å². The van der Waals surface area contributed by atoms with Crippen molar-refractivity contribution < 1.29 is 0 Å². The summed E-state index contributed by atoms with van der Waals surface area (Å²) < 4.78 is 0. The summed E-state index contributed by atoms with van der Waals surface area (Å²) in [6, 6.07) is 32.1. The third-order valence-corrected chi connectivity index (χ3v) is 6.49. The van der Waals surface area contributed by atoms with Crippen molar-refractivity contribution in [3.8, 4) is 0 Å². The van der Waals surface area contributed by atoms with Gasteiger partial charge in [0.25, 0.3) is 0 Å². The molecule has 4 rings (SSSR count). The minimum absolute atomic E-state index is 0.696. The fraction of sp³-hybridized carbons (Fsp3) is 0. The maximum absolute atomic E-state index is 6.22. The highest BCUT2D eigenvalue weighted by Gasteiger charge is 2.31. The van der Waals surface area contributed by atoms with Crippen molar-refractivity contribution in [2.75, 3.05) is 0 Å². The van der Waals surface area contributed by atoms with Gasteiger partial charge in [-0.3, -0.25) is 0 Å². The topological polar surface area (TPSA) is 0 Å². The van der Waals surface area contributed by atoms with Crippen LogP contribution in [0.2, 0.25) is 20.1 Å². The van der Waals surface area contributed by atoms with Crippen molar-refractivity contribution >= 4 is 74.4 Å². The van der Waals surface area contributed by atoms with E-state index in [1.165, 1.54) is 0 Å². The summed E-state index contributed by atoms with van der Waals surface area (Å²) in [5.74, 6) is 0. The van der Waals surface area contributed by atoms with E-state index >= 15 is 0 Å². The molecule has 0 amide bonds. The zero-order valence-electron chi connectivity index (χ0n) is 15.3. The van der Waals surface area contributed by atoms with Crippen LogP contribution >= 0.6 is 46.4 Å². The molecule has 144 valence electrons. The van der Waals surface area contributed by atoms with Gasteiger partial charge in [0.05, 0.1) is 0 Å². The van der Waals surface area contributed by atoms with E-state index in [0.717, 1.165) is 21.9 Å². The standard InChI is InChI=1S/C24H16BCl4/c26-21-9-1-17(2-10-21)25(18-3-11-22(27)12-4-18,19-5-13-23(28)14-6-19)20-7-15-24(29)16-8-20/h1-16H/q-1. The van der Waals surface area contributed by atoms with E-state index in [-0.39, 0.29) is 0 Å². The minimum Gasteiger partial charge on any atom is -0.195 e. The second-order valence-corrected chi connectivity index (χ2v) is 8.82. The SMILES string of the molecule is Clc1ccc([B-](c2ccc(Cl)cc2)(c2ccc(Cl)cc2)c2ccc(Cl)cc2)cc1. The first-order valence-electron chi connectivity index (χ1n) is 9.20. The fourth-order valence-electron chi connectivity index (χ4n) is 4.16. The molecule has 4 aromatic carbocycles. The van der Waals surface area contributed by atoms with Crippen LogP contribution in [-0.2, 0) is 0 Å². The molecule has 0 nitrogen and oxygen atoms in total. The second kappa shape index (κ2) is 8.46. The van der Waals surface area contributed by atoms with E-state index in [9.17, 15) is 0 Å². The Kier molecular flexibility index (Phi) is 5.94. The molecule has 0 saturated heterocycles. The average Bonchev–Trinajstić information content (AvgIpc) is 2.73. The van der Waals surface area contributed by atoms with Crippen LogP contribution in [0.3, 0.4) is 0 Å². The Morgan fingerprint density at radius 3 is 0.655 bits per heavy atom. The Hall–Kier alpha value is -1.90. The lowest BCUT2D eigenvalue weighted by Crippen LogP contribution is -2.74. The number of hydrogen-bond donors (Lipinski definition) is 0. The lowest BCUT2D eigenvalue weighted by atomic mass is 9.13. The molecule has 0 radical (unpaired) electrons. The Morgan fingerprint density at radius 1 is 0.310 bits per heavy atom. The molecule has 0 aliphatic carbocycles. The lowest BCUT2D eigenvalue weighted by Gasteiger charge is -2.44. The fourth-order valence-corrected chi connectivity index (χ4v) is 4.66. The van der Waals surface area contributed by atoms with E-state index in [1.54, 1.807) is 0 Å². The number of halogens is 4. The van der Waals surface area contributed by atoms with Gasteiger partial charge in [-0.2, -0.15) is 21.9 Å². The maximum Gasteiger partial charge on any atom is 0.108 e. The molecule has 0 heterocycles. The van der Waals surface area contributed by atoms with Gasteiger partial charge in [0.15, 0.2) is 0 Å². The van der Waals surface area contributed by atoms with E-state index in [2.05, 4.69) is 48.5 Å². The predicted molar refractivity (Wildman–Crippen MR) is 130 cm³/mol. The van der Waals surface area contributed by atoms with Crippen LogP contribution in [0.1, 0.15) is 0 Å². The third-order valence-electron chi connectivity index (χ3n) is 5.48. The molecule has 0 aliphatic rings. The smallest absolute Gasteiger partial charge is 0.108 e. The lowest BCUT2D eigenvalue weighted by molar-refractivity contribution is 1.66.